The molecular formula is C12H17Cl2N3O. The second-order valence-electron chi connectivity index (χ2n) is 4.54. The second kappa shape index (κ2) is 5.51. The number of rotatable bonds is 2. The van der Waals surface area contributed by atoms with Crippen molar-refractivity contribution in [2.75, 3.05) is 30.4 Å². The van der Waals surface area contributed by atoms with Gasteiger partial charge in [0, 0.05) is 20.1 Å². The third-order valence-corrected chi connectivity index (χ3v) is 3.43. The summed E-state index contributed by atoms with van der Waals surface area (Å²) in [6, 6.07) is 1.72. The average Bonchev–Trinajstić information content (AvgIpc) is 2.27. The molecule has 1 N–H and O–H groups in total. The smallest absolute Gasteiger partial charge is 0.150 e. The van der Waals surface area contributed by atoms with Crippen LogP contribution < -0.4 is 10.2 Å². The SMILES string of the molecule is CNc1nc(N2C[C@@H](C)O[C@@H](C)C2)c(Cl)cc1Cl. The Labute approximate surface area is 117 Å². The Hall–Kier alpha value is -0.710. The number of pyridine rings is 1. The van der Waals surface area contributed by atoms with E-state index >= 15 is 0 Å². The summed E-state index contributed by atoms with van der Waals surface area (Å²) in [5, 5.41) is 4.06. The maximum atomic E-state index is 6.23. The minimum absolute atomic E-state index is 0.167. The number of nitrogens with one attached hydrogen (secondary N) is 1. The molecule has 0 saturated carbocycles. The summed E-state index contributed by atoms with van der Waals surface area (Å²) in [5.41, 5.74) is 0. The predicted molar refractivity (Wildman–Crippen MR) is 76.0 cm³/mol. The van der Waals surface area contributed by atoms with E-state index in [1.165, 1.54) is 0 Å². The molecule has 1 aliphatic rings. The predicted octanol–water partition coefficient (Wildman–Crippen LogP) is 3.04. The zero-order valence-electron chi connectivity index (χ0n) is 10.7. The van der Waals surface area contributed by atoms with Gasteiger partial charge in [0.25, 0.3) is 0 Å². The molecule has 0 spiro atoms. The molecule has 2 atom stereocenters. The number of morpholine rings is 1. The Morgan fingerprint density at radius 2 is 1.89 bits per heavy atom. The van der Waals surface area contributed by atoms with E-state index in [1.54, 1.807) is 13.1 Å². The fraction of sp³-hybridized carbons (Fsp3) is 0.583. The molecule has 6 heteroatoms. The van der Waals surface area contributed by atoms with Crippen LogP contribution in [0.3, 0.4) is 0 Å². The number of aromatic nitrogens is 1. The van der Waals surface area contributed by atoms with Crippen LogP contribution in [0, 0.1) is 0 Å². The van der Waals surface area contributed by atoms with E-state index < -0.39 is 0 Å². The summed E-state index contributed by atoms with van der Waals surface area (Å²) in [6.45, 7) is 5.65. The van der Waals surface area contributed by atoms with Gasteiger partial charge in [-0.3, -0.25) is 0 Å². The van der Waals surface area contributed by atoms with Gasteiger partial charge in [-0.05, 0) is 19.9 Å². The Morgan fingerprint density at radius 3 is 2.44 bits per heavy atom. The molecule has 18 heavy (non-hydrogen) atoms. The Bertz CT molecular complexity index is 432. The van der Waals surface area contributed by atoms with Crippen LogP contribution in [0.2, 0.25) is 10.0 Å². The highest BCUT2D eigenvalue weighted by atomic mass is 35.5. The maximum absolute atomic E-state index is 6.23. The number of ether oxygens (including phenoxy) is 1. The van der Waals surface area contributed by atoms with E-state index in [1.807, 2.05) is 13.8 Å². The van der Waals surface area contributed by atoms with Gasteiger partial charge in [0.05, 0.1) is 22.3 Å². The number of hydrogen-bond acceptors (Lipinski definition) is 4. The van der Waals surface area contributed by atoms with Crippen LogP contribution in [0.25, 0.3) is 0 Å². The highest BCUT2D eigenvalue weighted by Gasteiger charge is 2.25. The number of nitrogens with zero attached hydrogens (tertiary/aromatic N) is 2. The van der Waals surface area contributed by atoms with Crippen molar-refractivity contribution in [1.82, 2.24) is 4.98 Å². The van der Waals surface area contributed by atoms with Gasteiger partial charge < -0.3 is 15.0 Å². The van der Waals surface area contributed by atoms with Crippen LogP contribution in [0.4, 0.5) is 11.6 Å². The van der Waals surface area contributed by atoms with Crippen LogP contribution in [-0.4, -0.2) is 37.3 Å². The van der Waals surface area contributed by atoms with Crippen molar-refractivity contribution < 1.29 is 4.74 Å². The van der Waals surface area contributed by atoms with Gasteiger partial charge in [-0.25, -0.2) is 4.98 Å². The molecule has 1 fully saturated rings. The maximum Gasteiger partial charge on any atom is 0.150 e. The summed E-state index contributed by atoms with van der Waals surface area (Å²) in [6.07, 6.45) is 0.334. The number of hydrogen-bond donors (Lipinski definition) is 1. The van der Waals surface area contributed by atoms with Crippen molar-refractivity contribution in [3.63, 3.8) is 0 Å². The minimum atomic E-state index is 0.167. The third-order valence-electron chi connectivity index (χ3n) is 2.87. The van der Waals surface area contributed by atoms with Crippen molar-refractivity contribution in [2.24, 2.45) is 0 Å². The third kappa shape index (κ3) is 2.82. The summed E-state index contributed by atoms with van der Waals surface area (Å²) >= 11 is 12.3. The monoisotopic (exact) mass is 289 g/mol. The van der Waals surface area contributed by atoms with Gasteiger partial charge in [-0.2, -0.15) is 0 Å². The second-order valence-corrected chi connectivity index (χ2v) is 5.35. The lowest BCUT2D eigenvalue weighted by Crippen LogP contribution is -2.46. The molecule has 2 rings (SSSR count). The van der Waals surface area contributed by atoms with Crippen molar-refractivity contribution in [3.05, 3.63) is 16.1 Å². The minimum Gasteiger partial charge on any atom is -0.372 e. The quantitative estimate of drug-likeness (QED) is 0.908. The van der Waals surface area contributed by atoms with Crippen LogP contribution in [-0.2, 0) is 4.74 Å². The fourth-order valence-electron chi connectivity index (χ4n) is 2.20. The van der Waals surface area contributed by atoms with E-state index in [-0.39, 0.29) is 12.2 Å². The molecule has 0 aromatic carbocycles. The van der Waals surface area contributed by atoms with Crippen molar-refractivity contribution >= 4 is 34.8 Å². The van der Waals surface area contributed by atoms with Gasteiger partial charge in [-0.15, -0.1) is 0 Å². The molecule has 4 nitrogen and oxygen atoms in total. The topological polar surface area (TPSA) is 37.4 Å². The van der Waals surface area contributed by atoms with E-state index in [0.29, 0.717) is 15.9 Å². The molecule has 0 amide bonds. The van der Waals surface area contributed by atoms with Gasteiger partial charge in [0.1, 0.15) is 11.6 Å². The first kappa shape index (κ1) is 13.7. The lowest BCUT2D eigenvalue weighted by molar-refractivity contribution is -0.00544. The summed E-state index contributed by atoms with van der Waals surface area (Å²) in [4.78, 5) is 6.62. The molecule has 2 heterocycles. The molecule has 0 aliphatic carbocycles. The first-order valence-electron chi connectivity index (χ1n) is 5.95. The Balaban J connectivity index is 2.32. The first-order chi connectivity index (χ1) is 8.51. The van der Waals surface area contributed by atoms with Crippen molar-refractivity contribution in [2.45, 2.75) is 26.1 Å². The van der Waals surface area contributed by atoms with Gasteiger partial charge in [0.2, 0.25) is 0 Å². The van der Waals surface area contributed by atoms with Crippen LogP contribution in [0.1, 0.15) is 13.8 Å². The molecular weight excluding hydrogens is 273 g/mol. The molecule has 0 unspecified atom stereocenters. The summed E-state index contributed by atoms with van der Waals surface area (Å²) in [5.74, 6) is 1.40. The normalized spacial score (nSPS) is 24.2. The largest absolute Gasteiger partial charge is 0.372 e. The van der Waals surface area contributed by atoms with E-state index in [2.05, 4.69) is 15.2 Å². The molecule has 1 saturated heterocycles. The van der Waals surface area contributed by atoms with Crippen molar-refractivity contribution in [3.8, 4) is 0 Å². The van der Waals surface area contributed by atoms with E-state index in [9.17, 15) is 0 Å². The molecule has 1 aliphatic heterocycles. The Morgan fingerprint density at radius 1 is 1.28 bits per heavy atom. The van der Waals surface area contributed by atoms with Crippen LogP contribution in [0.15, 0.2) is 6.07 Å². The lowest BCUT2D eigenvalue weighted by Gasteiger charge is -2.36. The van der Waals surface area contributed by atoms with Crippen molar-refractivity contribution in [1.29, 1.82) is 0 Å². The standard InChI is InChI=1S/C12H17Cl2N3O/c1-7-5-17(6-8(2)18-7)12-10(14)4-9(13)11(15-3)16-12/h4,7-8H,5-6H2,1-3H3,(H,15,16)/t7-,8+. The molecule has 0 radical (unpaired) electrons. The number of halogens is 2. The lowest BCUT2D eigenvalue weighted by atomic mass is 10.2. The molecule has 1 aromatic rings. The van der Waals surface area contributed by atoms with Gasteiger partial charge in [0.15, 0.2) is 0 Å². The van der Waals surface area contributed by atoms with Crippen LogP contribution >= 0.6 is 23.2 Å². The van der Waals surface area contributed by atoms with E-state index in [4.69, 9.17) is 27.9 Å². The number of anilines is 2. The fourth-order valence-corrected chi connectivity index (χ4v) is 2.78. The molecule has 1 aromatic heterocycles. The highest BCUT2D eigenvalue weighted by molar-refractivity contribution is 6.37. The van der Waals surface area contributed by atoms with E-state index in [0.717, 1.165) is 18.9 Å². The van der Waals surface area contributed by atoms with Gasteiger partial charge >= 0.3 is 0 Å². The van der Waals surface area contributed by atoms with Crippen LogP contribution in [0.5, 0.6) is 0 Å². The summed E-state index contributed by atoms with van der Waals surface area (Å²) in [7, 11) is 1.79. The zero-order valence-corrected chi connectivity index (χ0v) is 12.2. The highest BCUT2D eigenvalue weighted by Crippen LogP contribution is 2.32. The summed E-state index contributed by atoms with van der Waals surface area (Å²) < 4.78 is 5.70. The molecule has 0 bridgehead atoms. The Kier molecular flexibility index (Phi) is 4.20. The molecule has 100 valence electrons. The average molecular weight is 290 g/mol. The van der Waals surface area contributed by atoms with Gasteiger partial charge in [-0.1, -0.05) is 23.2 Å². The first-order valence-corrected chi connectivity index (χ1v) is 6.71. The zero-order chi connectivity index (χ0) is 13.3.